The summed E-state index contributed by atoms with van der Waals surface area (Å²) >= 11 is 1.50. The van der Waals surface area contributed by atoms with Gasteiger partial charge in [-0.05, 0) is 92.1 Å². The molecule has 8 heterocycles. The van der Waals surface area contributed by atoms with Gasteiger partial charge in [-0.3, -0.25) is 14.5 Å². The lowest BCUT2D eigenvalue weighted by atomic mass is 9.91. The molecule has 2 amide bonds. The average Bonchev–Trinajstić information content (AvgIpc) is 4.45. The number of nitrogens with two attached hydrogens (primary N) is 1. The molecule has 414 valence electrons. The number of carbonyl (C=O) groups excluding carboxylic acids is 2. The second-order valence-corrected chi connectivity index (χ2v) is 22.9. The van der Waals surface area contributed by atoms with Crippen molar-refractivity contribution in [1.82, 2.24) is 40.4 Å². The van der Waals surface area contributed by atoms with E-state index in [9.17, 15) is 25.1 Å². The zero-order valence-corrected chi connectivity index (χ0v) is 45.8. The standard InChI is InChI=1S/C58H68N12O8S/c1-33(2)54(58(74)69-31-41(71)23-49(69)57(73)63-34(3)45-12-9-36(21-37(45)28-59)55-35(4)62-32-79-55)51-27-53(66-78-51)75-20-19-67-17-14-42(15-18-67)76-43-24-44(25-43)77-52-22-38(13-16-61-52)70-39-10-11-40(70)30-68(29-39)48-26-47(64-65-56(48)60)46-7-5-6-8-50(46)72/h5-9,12-13,16,21-22,26-27,32-34,39-44,49,54,71-72H,10-11,14-15,17-20,23-25,29-31H2,1-4H3,(H2,60,65)(H,63,73)/t34-,39?,40?,41+,43?,44?,49-,54+/m0/s1. The number of rotatable bonds is 18. The fraction of sp³-hybridized carbons (Fsp3) is 0.483. The van der Waals surface area contributed by atoms with Crippen LogP contribution < -0.4 is 30.3 Å². The maximum absolute atomic E-state index is 14.3. The van der Waals surface area contributed by atoms with Crippen LogP contribution in [0.25, 0.3) is 21.7 Å². The number of carbonyl (C=O) groups is 2. The van der Waals surface area contributed by atoms with Gasteiger partial charge in [-0.15, -0.1) is 21.5 Å². The first-order valence-electron chi connectivity index (χ1n) is 27.5. The van der Waals surface area contributed by atoms with Gasteiger partial charge in [0.15, 0.2) is 11.6 Å². The highest BCUT2D eigenvalue weighted by molar-refractivity contribution is 7.13. The molecule has 5 N–H and O–H groups in total. The van der Waals surface area contributed by atoms with Crippen molar-refractivity contribution in [3.8, 4) is 45.3 Å². The van der Waals surface area contributed by atoms with Crippen molar-refractivity contribution in [2.75, 3.05) is 61.4 Å². The monoisotopic (exact) mass is 1090 g/mol. The van der Waals surface area contributed by atoms with Crippen LogP contribution in [-0.4, -0.2) is 146 Å². The van der Waals surface area contributed by atoms with Crippen molar-refractivity contribution in [2.24, 2.45) is 5.92 Å². The Kier molecular flexibility index (Phi) is 15.7. The third-order valence-electron chi connectivity index (χ3n) is 16.4. The van der Waals surface area contributed by atoms with Crippen molar-refractivity contribution in [3.05, 3.63) is 101 Å². The van der Waals surface area contributed by atoms with E-state index in [-0.39, 0.29) is 66.8 Å². The van der Waals surface area contributed by atoms with Crippen molar-refractivity contribution in [1.29, 1.82) is 5.26 Å². The molecule has 2 unspecified atom stereocenters. The largest absolute Gasteiger partial charge is 0.507 e. The molecule has 21 heteroatoms. The molecule has 2 bridgehead atoms. The molecule has 20 nitrogen and oxygen atoms in total. The fourth-order valence-corrected chi connectivity index (χ4v) is 13.0. The number of β-amino-alcohol motifs (C(OH)–C–C–N with tert-alkyl or cyclic N) is 1. The SMILES string of the molecule is Cc1ncsc1-c1ccc([C@H](C)NC(=O)[C@@H]2C[C@@H](O)CN2C(=O)[C@@H](c2cc(OCCN3CCC(OC4CC(Oc5cc(N6C7CCC6CN(c6cc(-c8ccccc8O)nnc6N)C7)ccn5)C4)CC3)no2)C(C)C)c(C#N)c1. The Balaban J connectivity index is 0.607. The number of aliphatic hydroxyl groups is 1. The van der Waals surface area contributed by atoms with E-state index in [1.165, 1.54) is 16.2 Å². The number of nitrogens with zero attached hydrogens (tertiary/aromatic N) is 10. The van der Waals surface area contributed by atoms with Gasteiger partial charge in [-0.1, -0.05) is 38.1 Å². The van der Waals surface area contributed by atoms with Gasteiger partial charge >= 0.3 is 0 Å². The van der Waals surface area contributed by atoms with Crippen molar-refractivity contribution < 1.29 is 38.5 Å². The quantitative estimate of drug-likeness (QED) is 0.0674. The number of aliphatic hydroxyl groups excluding tert-OH is 1. The Bertz CT molecular complexity index is 3170. The molecule has 6 atom stereocenters. The number of hydrogen-bond donors (Lipinski definition) is 4. The van der Waals surface area contributed by atoms with Gasteiger partial charge in [0.2, 0.25) is 17.7 Å². The first-order valence-corrected chi connectivity index (χ1v) is 28.4. The number of nitrogen functional groups attached to an aromatic ring is 1. The first-order chi connectivity index (χ1) is 38.3. The third kappa shape index (κ3) is 11.6. The topological polar surface area (TPSA) is 255 Å². The lowest BCUT2D eigenvalue weighted by Gasteiger charge is -2.43. The lowest BCUT2D eigenvalue weighted by Crippen LogP contribution is -2.54. The number of phenols is 1. The number of fused-ring (bicyclic) bond motifs is 2. The molecule has 4 aliphatic heterocycles. The Morgan fingerprint density at radius 1 is 0.924 bits per heavy atom. The number of piperazine rings is 1. The summed E-state index contributed by atoms with van der Waals surface area (Å²) in [5.41, 5.74) is 14.2. The van der Waals surface area contributed by atoms with E-state index in [0.717, 1.165) is 92.2 Å². The molecule has 1 saturated carbocycles. The van der Waals surface area contributed by atoms with E-state index in [0.29, 0.717) is 53.0 Å². The van der Waals surface area contributed by atoms with E-state index in [4.69, 9.17) is 24.5 Å². The molecule has 5 aliphatic rings. The highest BCUT2D eigenvalue weighted by atomic mass is 32.1. The second kappa shape index (κ2) is 23.1. The normalized spacial score (nSPS) is 23.1. The molecular formula is C58H68N12O8S. The molecule has 79 heavy (non-hydrogen) atoms. The Morgan fingerprint density at radius 3 is 2.44 bits per heavy atom. The van der Waals surface area contributed by atoms with E-state index in [1.807, 2.05) is 57.3 Å². The zero-order valence-electron chi connectivity index (χ0n) is 45.0. The number of piperidine rings is 1. The van der Waals surface area contributed by atoms with E-state index in [2.05, 4.69) is 63.5 Å². The molecule has 4 saturated heterocycles. The number of anilines is 3. The summed E-state index contributed by atoms with van der Waals surface area (Å²) in [6.45, 7) is 11.9. The van der Waals surface area contributed by atoms with Crippen LogP contribution in [0.2, 0.25) is 0 Å². The smallest absolute Gasteiger partial charge is 0.254 e. The van der Waals surface area contributed by atoms with Gasteiger partial charge in [0.25, 0.3) is 5.88 Å². The van der Waals surface area contributed by atoms with Gasteiger partial charge in [-0.2, -0.15) is 5.26 Å². The molecule has 6 aromatic rings. The lowest BCUT2D eigenvalue weighted by molar-refractivity contribution is -0.141. The summed E-state index contributed by atoms with van der Waals surface area (Å²) in [7, 11) is 0. The van der Waals surface area contributed by atoms with Gasteiger partial charge < -0.3 is 54.7 Å². The Morgan fingerprint density at radius 2 is 1.71 bits per heavy atom. The van der Waals surface area contributed by atoms with Crippen LogP contribution >= 0.6 is 11.3 Å². The number of aromatic nitrogens is 5. The zero-order chi connectivity index (χ0) is 54.9. The summed E-state index contributed by atoms with van der Waals surface area (Å²) in [5, 5.41) is 47.0. The minimum absolute atomic E-state index is 0.000703. The van der Waals surface area contributed by atoms with E-state index >= 15 is 0 Å². The molecule has 1 aliphatic carbocycles. The first kappa shape index (κ1) is 53.6. The van der Waals surface area contributed by atoms with E-state index in [1.54, 1.807) is 36.7 Å². The van der Waals surface area contributed by atoms with E-state index < -0.39 is 30.0 Å². The van der Waals surface area contributed by atoms with Crippen molar-refractivity contribution >= 4 is 40.3 Å². The molecule has 2 aromatic carbocycles. The van der Waals surface area contributed by atoms with Crippen LogP contribution in [-0.2, 0) is 14.3 Å². The van der Waals surface area contributed by atoms with Crippen LogP contribution in [0, 0.1) is 24.2 Å². The molecule has 11 rings (SSSR count). The van der Waals surface area contributed by atoms with Crippen molar-refractivity contribution in [2.45, 2.75) is 127 Å². The van der Waals surface area contributed by atoms with Gasteiger partial charge in [-0.25, -0.2) is 9.97 Å². The number of para-hydroxylation sites is 1. The van der Waals surface area contributed by atoms with Crippen LogP contribution in [0.15, 0.2) is 83.0 Å². The van der Waals surface area contributed by atoms with Crippen LogP contribution in [0.3, 0.4) is 0 Å². The molecule has 0 radical (unpaired) electrons. The number of aryl methyl sites for hydroxylation is 1. The molecule has 0 spiro atoms. The summed E-state index contributed by atoms with van der Waals surface area (Å²) in [6, 6.07) is 21.8. The molecule has 4 aromatic heterocycles. The number of ether oxygens (including phenoxy) is 3. The van der Waals surface area contributed by atoms with Crippen LogP contribution in [0.4, 0.5) is 17.2 Å². The number of thiazole rings is 1. The Labute approximate surface area is 463 Å². The van der Waals surface area contributed by atoms with Gasteiger partial charge in [0, 0.05) is 100 Å². The minimum atomic E-state index is -0.917. The number of benzene rings is 2. The number of aromatic hydroxyl groups is 1. The van der Waals surface area contributed by atoms with Crippen LogP contribution in [0.1, 0.15) is 100 Å². The summed E-state index contributed by atoms with van der Waals surface area (Å²) < 4.78 is 24.7. The predicted molar refractivity (Wildman–Crippen MR) is 297 cm³/mol. The average molecular weight is 1090 g/mol. The number of hydrogen-bond acceptors (Lipinski definition) is 19. The van der Waals surface area contributed by atoms with Gasteiger partial charge in [0.1, 0.15) is 30.4 Å². The fourth-order valence-electron chi connectivity index (χ4n) is 12.2. The highest BCUT2D eigenvalue weighted by Crippen LogP contribution is 2.41. The maximum atomic E-state index is 14.3. The summed E-state index contributed by atoms with van der Waals surface area (Å²) in [4.78, 5) is 46.7. The van der Waals surface area contributed by atoms with Crippen LogP contribution in [0.5, 0.6) is 17.5 Å². The predicted octanol–water partition coefficient (Wildman–Crippen LogP) is 7.02. The maximum Gasteiger partial charge on any atom is 0.254 e. The number of amides is 2. The number of nitriles is 1. The number of likely N-dealkylation sites (tertiary alicyclic amines) is 2. The number of phenolic OH excluding ortho intramolecular Hbond substituents is 1. The highest BCUT2D eigenvalue weighted by Gasteiger charge is 2.45. The number of nitrogens with one attached hydrogen (secondary N) is 1. The summed E-state index contributed by atoms with van der Waals surface area (Å²) in [5.74, 6) is 0.0346. The second-order valence-electron chi connectivity index (χ2n) is 22.0. The molecular weight excluding hydrogens is 1020 g/mol. The molecule has 5 fully saturated rings. The minimum Gasteiger partial charge on any atom is -0.507 e. The van der Waals surface area contributed by atoms with Crippen molar-refractivity contribution in [3.63, 3.8) is 0 Å². The third-order valence-corrected chi connectivity index (χ3v) is 17.3. The Hall–Kier alpha value is -7.38. The number of pyridine rings is 1. The summed E-state index contributed by atoms with van der Waals surface area (Å²) in [6.07, 6.45) is 7.01. The van der Waals surface area contributed by atoms with Gasteiger partial charge in [0.05, 0.1) is 63.4 Å².